The molecule has 1 unspecified atom stereocenters. The Balaban J connectivity index is 2.00. The van der Waals surface area contributed by atoms with Crippen molar-refractivity contribution in [3.8, 4) is 23.0 Å². The van der Waals surface area contributed by atoms with Crippen LogP contribution in [-0.4, -0.2) is 65.2 Å². The summed E-state index contributed by atoms with van der Waals surface area (Å²) in [6, 6.07) is 9.91. The summed E-state index contributed by atoms with van der Waals surface area (Å²) in [5, 5.41) is 0. The molecule has 1 aliphatic heterocycles. The number of ether oxygens (including phenoxy) is 4. The van der Waals surface area contributed by atoms with Gasteiger partial charge in [0.1, 0.15) is 5.75 Å². The van der Waals surface area contributed by atoms with E-state index in [1.807, 2.05) is 0 Å². The van der Waals surface area contributed by atoms with Crippen molar-refractivity contribution < 1.29 is 32.2 Å². The topological polar surface area (TPSA) is 91.4 Å². The van der Waals surface area contributed by atoms with Crippen LogP contribution in [0.5, 0.6) is 23.0 Å². The number of amides is 1. The molecule has 0 N–H and O–H groups in total. The first-order chi connectivity index (χ1) is 14.8. The van der Waals surface area contributed by atoms with E-state index in [2.05, 4.69) is 0 Å². The maximum absolute atomic E-state index is 13.4. The largest absolute Gasteiger partial charge is 0.497 e. The number of hydrogen-bond acceptors (Lipinski definition) is 7. The first kappa shape index (κ1) is 22.7. The summed E-state index contributed by atoms with van der Waals surface area (Å²) in [5.41, 5.74) is 1.16. The number of methoxy groups -OCH3 is 4. The van der Waals surface area contributed by atoms with E-state index in [1.54, 1.807) is 41.3 Å². The molecule has 0 bridgehead atoms. The van der Waals surface area contributed by atoms with Crippen LogP contribution < -0.4 is 18.9 Å². The first-order valence-corrected chi connectivity index (χ1v) is 11.6. The maximum Gasteiger partial charge on any atom is 0.254 e. The van der Waals surface area contributed by atoms with Crippen LogP contribution in [0.2, 0.25) is 0 Å². The molecule has 0 aromatic heterocycles. The molecule has 0 spiro atoms. The highest BCUT2D eigenvalue weighted by molar-refractivity contribution is 7.91. The lowest BCUT2D eigenvalue weighted by Crippen LogP contribution is -2.40. The van der Waals surface area contributed by atoms with E-state index >= 15 is 0 Å². The Kier molecular flexibility index (Phi) is 6.94. The van der Waals surface area contributed by atoms with Gasteiger partial charge in [0, 0.05) is 18.2 Å². The Bertz CT molecular complexity index is 1030. The molecule has 0 radical (unpaired) electrons. The molecule has 31 heavy (non-hydrogen) atoms. The number of carbonyl (C=O) groups is 1. The van der Waals surface area contributed by atoms with Crippen molar-refractivity contribution in [2.75, 3.05) is 39.9 Å². The van der Waals surface area contributed by atoms with E-state index in [1.165, 1.54) is 28.4 Å². The molecule has 1 atom stereocenters. The van der Waals surface area contributed by atoms with E-state index < -0.39 is 15.9 Å². The van der Waals surface area contributed by atoms with Crippen LogP contribution in [-0.2, 0) is 16.4 Å². The maximum atomic E-state index is 13.4. The zero-order chi connectivity index (χ0) is 22.6. The third-order valence-corrected chi connectivity index (χ3v) is 7.05. The highest BCUT2D eigenvalue weighted by atomic mass is 32.2. The van der Waals surface area contributed by atoms with Crippen molar-refractivity contribution in [1.82, 2.24) is 4.90 Å². The first-order valence-electron chi connectivity index (χ1n) is 9.76. The second-order valence-corrected chi connectivity index (χ2v) is 9.48. The molecule has 1 fully saturated rings. The smallest absolute Gasteiger partial charge is 0.254 e. The van der Waals surface area contributed by atoms with Crippen LogP contribution in [0, 0.1) is 0 Å². The Hall–Kier alpha value is -2.94. The van der Waals surface area contributed by atoms with Crippen LogP contribution in [0.25, 0.3) is 0 Å². The van der Waals surface area contributed by atoms with Crippen molar-refractivity contribution in [3.05, 3.63) is 47.5 Å². The van der Waals surface area contributed by atoms with Crippen molar-refractivity contribution in [2.45, 2.75) is 19.0 Å². The van der Waals surface area contributed by atoms with Gasteiger partial charge in [0.25, 0.3) is 5.91 Å². The molecule has 9 heteroatoms. The number of nitrogens with zero attached hydrogens (tertiary/aromatic N) is 1. The average Bonchev–Trinajstić information content (AvgIpc) is 3.15. The van der Waals surface area contributed by atoms with E-state index in [9.17, 15) is 13.2 Å². The number of benzene rings is 2. The predicted octanol–water partition coefficient (Wildman–Crippen LogP) is 2.55. The summed E-state index contributed by atoms with van der Waals surface area (Å²) in [6.45, 7) is 0.187. The van der Waals surface area contributed by atoms with Crippen LogP contribution >= 0.6 is 0 Å². The van der Waals surface area contributed by atoms with Crippen molar-refractivity contribution >= 4 is 15.7 Å². The molecule has 2 aromatic rings. The van der Waals surface area contributed by atoms with Crippen LogP contribution in [0.15, 0.2) is 36.4 Å². The monoisotopic (exact) mass is 449 g/mol. The number of sulfone groups is 1. The van der Waals surface area contributed by atoms with Gasteiger partial charge in [0.2, 0.25) is 5.75 Å². The lowest BCUT2D eigenvalue weighted by molar-refractivity contribution is 0.0680. The summed E-state index contributed by atoms with van der Waals surface area (Å²) >= 11 is 0. The van der Waals surface area contributed by atoms with Gasteiger partial charge in [0.05, 0.1) is 39.9 Å². The van der Waals surface area contributed by atoms with E-state index in [-0.39, 0.29) is 24.0 Å². The van der Waals surface area contributed by atoms with Gasteiger partial charge < -0.3 is 23.8 Å². The van der Waals surface area contributed by atoms with Gasteiger partial charge in [-0.2, -0.15) is 0 Å². The molecule has 1 saturated heterocycles. The molecular formula is C22H27NO7S. The second-order valence-electron chi connectivity index (χ2n) is 7.26. The van der Waals surface area contributed by atoms with Crippen LogP contribution in [0.1, 0.15) is 22.3 Å². The number of carbonyl (C=O) groups excluding carboxylic acids is 1. The molecule has 1 heterocycles. The summed E-state index contributed by atoms with van der Waals surface area (Å²) in [6.07, 6.45) is 0.391. The summed E-state index contributed by atoms with van der Waals surface area (Å²) in [7, 11) is 2.89. The summed E-state index contributed by atoms with van der Waals surface area (Å²) in [5.74, 6) is 1.66. The van der Waals surface area contributed by atoms with Gasteiger partial charge in [-0.25, -0.2) is 8.42 Å². The summed E-state index contributed by atoms with van der Waals surface area (Å²) < 4.78 is 45.7. The molecule has 1 aliphatic rings. The summed E-state index contributed by atoms with van der Waals surface area (Å²) in [4.78, 5) is 15.0. The number of hydrogen-bond donors (Lipinski definition) is 0. The van der Waals surface area contributed by atoms with Crippen molar-refractivity contribution in [1.29, 1.82) is 0 Å². The Morgan fingerprint density at radius 3 is 2.19 bits per heavy atom. The minimum Gasteiger partial charge on any atom is -0.497 e. The minimum atomic E-state index is -3.19. The van der Waals surface area contributed by atoms with Gasteiger partial charge in [-0.3, -0.25) is 4.79 Å². The molecule has 2 aromatic carbocycles. The fourth-order valence-electron chi connectivity index (χ4n) is 3.73. The molecule has 0 saturated carbocycles. The fraction of sp³-hybridized carbons (Fsp3) is 0.409. The minimum absolute atomic E-state index is 0.0624. The Morgan fingerprint density at radius 2 is 1.68 bits per heavy atom. The van der Waals surface area contributed by atoms with Crippen LogP contribution in [0.4, 0.5) is 0 Å². The highest BCUT2D eigenvalue weighted by Crippen LogP contribution is 2.39. The molecule has 3 rings (SSSR count). The lowest BCUT2D eigenvalue weighted by Gasteiger charge is -2.29. The molecule has 0 aliphatic carbocycles. The molecule has 1 amide bonds. The van der Waals surface area contributed by atoms with Crippen molar-refractivity contribution in [3.63, 3.8) is 0 Å². The average molecular weight is 450 g/mol. The predicted molar refractivity (Wildman–Crippen MR) is 116 cm³/mol. The zero-order valence-corrected chi connectivity index (χ0v) is 18.9. The fourth-order valence-corrected chi connectivity index (χ4v) is 5.46. The van der Waals surface area contributed by atoms with Gasteiger partial charge in [-0.05, 0) is 42.3 Å². The van der Waals surface area contributed by atoms with Gasteiger partial charge >= 0.3 is 0 Å². The zero-order valence-electron chi connectivity index (χ0n) is 18.1. The molecule has 168 valence electrons. The SMILES string of the molecule is COc1cccc(C(=O)N(Cc2cc(OC)c(OC)c(OC)c2)C2CCS(=O)(=O)C2)c1. The third-order valence-electron chi connectivity index (χ3n) is 5.30. The Morgan fingerprint density at radius 1 is 1.00 bits per heavy atom. The molecular weight excluding hydrogens is 422 g/mol. The standard InChI is InChI=1S/C22H27NO7S/c1-27-18-7-5-6-16(12-18)22(24)23(17-8-9-31(25,26)14-17)13-15-10-19(28-2)21(30-4)20(11-15)29-3/h5-7,10-12,17H,8-9,13-14H2,1-4H3. The normalized spacial score (nSPS) is 17.1. The van der Waals surface area contributed by atoms with Gasteiger partial charge in [0.15, 0.2) is 21.3 Å². The Labute approximate surface area is 182 Å². The quantitative estimate of drug-likeness (QED) is 0.612. The highest BCUT2D eigenvalue weighted by Gasteiger charge is 2.35. The van der Waals surface area contributed by atoms with E-state index in [0.29, 0.717) is 35.0 Å². The van der Waals surface area contributed by atoms with E-state index in [0.717, 1.165) is 5.56 Å². The van der Waals surface area contributed by atoms with Crippen LogP contribution in [0.3, 0.4) is 0 Å². The number of rotatable bonds is 8. The second kappa shape index (κ2) is 9.47. The van der Waals surface area contributed by atoms with Crippen molar-refractivity contribution in [2.24, 2.45) is 0 Å². The van der Waals surface area contributed by atoms with E-state index in [4.69, 9.17) is 18.9 Å². The molecule has 8 nitrogen and oxygen atoms in total. The lowest BCUT2D eigenvalue weighted by atomic mass is 10.1. The van der Waals surface area contributed by atoms with Gasteiger partial charge in [-0.15, -0.1) is 0 Å². The third kappa shape index (κ3) is 5.04. The van der Waals surface area contributed by atoms with Gasteiger partial charge in [-0.1, -0.05) is 6.07 Å².